The molecule has 0 aliphatic carbocycles. The Balaban J connectivity index is 1.59. The molecule has 0 bridgehead atoms. The van der Waals surface area contributed by atoms with Gasteiger partial charge in [-0.15, -0.1) is 0 Å². The van der Waals surface area contributed by atoms with Crippen LogP contribution < -0.4 is 5.32 Å². The molecule has 6 nitrogen and oxygen atoms in total. The summed E-state index contributed by atoms with van der Waals surface area (Å²) in [6.45, 7) is 3.80. The third-order valence-electron chi connectivity index (χ3n) is 5.06. The number of amides is 1. The number of hydrogen-bond donors (Lipinski definition) is 1. The van der Waals surface area contributed by atoms with Gasteiger partial charge in [-0.25, -0.2) is 0 Å². The lowest BCUT2D eigenvalue weighted by Gasteiger charge is -2.23. The van der Waals surface area contributed by atoms with Crippen LogP contribution in [0.1, 0.15) is 41.4 Å². The third-order valence-corrected chi connectivity index (χ3v) is 5.06. The van der Waals surface area contributed by atoms with Crippen LogP contribution in [0.15, 0.2) is 42.6 Å². The lowest BCUT2D eigenvalue weighted by molar-refractivity contribution is 0.0686. The number of hydrogen-bond acceptors (Lipinski definition) is 4. The van der Waals surface area contributed by atoms with E-state index < -0.39 is 0 Å². The average molecular weight is 370 g/mol. The zero-order chi connectivity index (χ0) is 18.9. The van der Waals surface area contributed by atoms with Crippen molar-refractivity contribution >= 4 is 5.91 Å². The van der Waals surface area contributed by atoms with E-state index >= 15 is 0 Å². The van der Waals surface area contributed by atoms with Gasteiger partial charge in [0.2, 0.25) is 0 Å². The van der Waals surface area contributed by atoms with Crippen molar-refractivity contribution in [2.24, 2.45) is 0 Å². The van der Waals surface area contributed by atoms with E-state index in [1.165, 1.54) is 5.56 Å². The van der Waals surface area contributed by atoms with Gasteiger partial charge in [0.1, 0.15) is 5.69 Å². The molecule has 2 heterocycles. The zero-order valence-corrected chi connectivity index (χ0v) is 16.1. The monoisotopic (exact) mass is 370 g/mol. The van der Waals surface area contributed by atoms with Crippen LogP contribution >= 0.6 is 0 Å². The van der Waals surface area contributed by atoms with Crippen LogP contribution in [0.25, 0.3) is 0 Å². The average Bonchev–Trinajstić information content (AvgIpc) is 3.22. The van der Waals surface area contributed by atoms with Crippen molar-refractivity contribution < 1.29 is 9.53 Å². The van der Waals surface area contributed by atoms with Crippen molar-refractivity contribution in [3.05, 3.63) is 53.9 Å². The fourth-order valence-corrected chi connectivity index (χ4v) is 3.51. The van der Waals surface area contributed by atoms with E-state index in [2.05, 4.69) is 34.7 Å². The highest BCUT2D eigenvalue weighted by molar-refractivity contribution is 5.92. The largest absolute Gasteiger partial charge is 0.383 e. The maximum atomic E-state index is 13.0. The Kier molecular flexibility index (Phi) is 7.42. The molecule has 1 fully saturated rings. The van der Waals surface area contributed by atoms with Gasteiger partial charge in [0.25, 0.3) is 5.91 Å². The number of aryl methyl sites for hydroxylation is 1. The Bertz CT molecular complexity index is 695. The number of nitrogens with one attached hydrogen (secondary N) is 1. The second-order valence-electron chi connectivity index (χ2n) is 7.06. The molecule has 1 atom stereocenters. The van der Waals surface area contributed by atoms with Gasteiger partial charge >= 0.3 is 0 Å². The van der Waals surface area contributed by atoms with E-state index in [0.29, 0.717) is 31.4 Å². The van der Waals surface area contributed by atoms with E-state index in [-0.39, 0.29) is 5.91 Å². The Labute approximate surface area is 161 Å². The van der Waals surface area contributed by atoms with Gasteiger partial charge in [0, 0.05) is 32.9 Å². The molecule has 0 radical (unpaired) electrons. The first kappa shape index (κ1) is 19.6. The van der Waals surface area contributed by atoms with E-state index in [4.69, 9.17) is 4.74 Å². The molecule has 1 amide bonds. The Hall–Kier alpha value is -2.18. The highest BCUT2D eigenvalue weighted by Crippen LogP contribution is 2.16. The summed E-state index contributed by atoms with van der Waals surface area (Å²) in [5, 5.41) is 7.97. The number of benzene rings is 1. The van der Waals surface area contributed by atoms with Gasteiger partial charge in [-0.2, -0.15) is 5.10 Å². The van der Waals surface area contributed by atoms with Crippen LogP contribution in [0.5, 0.6) is 0 Å². The Morgan fingerprint density at radius 2 is 2.15 bits per heavy atom. The third kappa shape index (κ3) is 5.65. The summed E-state index contributed by atoms with van der Waals surface area (Å²) < 4.78 is 7.14. The van der Waals surface area contributed by atoms with Crippen LogP contribution in [0, 0.1) is 0 Å². The minimum atomic E-state index is -0.0115. The van der Waals surface area contributed by atoms with Crippen molar-refractivity contribution in [2.45, 2.75) is 31.7 Å². The SMILES string of the molecule is COCCN(CCCc1ccccc1)C(=O)c1ccn(C2CCCNC2)n1. The summed E-state index contributed by atoms with van der Waals surface area (Å²) in [7, 11) is 1.66. The number of nitrogens with zero attached hydrogens (tertiary/aromatic N) is 3. The Morgan fingerprint density at radius 3 is 2.89 bits per heavy atom. The predicted molar refractivity (Wildman–Crippen MR) is 106 cm³/mol. The molecule has 3 rings (SSSR count). The van der Waals surface area contributed by atoms with Crippen molar-refractivity contribution in [1.82, 2.24) is 20.0 Å². The van der Waals surface area contributed by atoms with Crippen LogP contribution in [-0.2, 0) is 11.2 Å². The maximum Gasteiger partial charge on any atom is 0.274 e. The quantitative estimate of drug-likeness (QED) is 0.737. The van der Waals surface area contributed by atoms with Crippen LogP contribution in [0.4, 0.5) is 0 Å². The summed E-state index contributed by atoms with van der Waals surface area (Å²) in [6, 6.07) is 12.6. The van der Waals surface area contributed by atoms with Crippen molar-refractivity contribution in [1.29, 1.82) is 0 Å². The van der Waals surface area contributed by atoms with Crippen molar-refractivity contribution in [3.8, 4) is 0 Å². The first-order valence-corrected chi connectivity index (χ1v) is 9.86. The van der Waals surface area contributed by atoms with Crippen LogP contribution in [0.3, 0.4) is 0 Å². The molecule has 6 heteroatoms. The van der Waals surface area contributed by atoms with Crippen molar-refractivity contribution in [2.75, 3.05) is 39.9 Å². The smallest absolute Gasteiger partial charge is 0.274 e. The first-order valence-electron chi connectivity index (χ1n) is 9.86. The summed E-state index contributed by atoms with van der Waals surface area (Å²) >= 11 is 0. The van der Waals surface area contributed by atoms with E-state index in [9.17, 15) is 4.79 Å². The minimum absolute atomic E-state index is 0.0115. The number of methoxy groups -OCH3 is 1. The summed E-state index contributed by atoms with van der Waals surface area (Å²) in [5.74, 6) is -0.0115. The molecule has 1 unspecified atom stereocenters. The van der Waals surface area contributed by atoms with Gasteiger partial charge < -0.3 is 15.0 Å². The number of carbonyl (C=O) groups excluding carboxylic acids is 1. The van der Waals surface area contributed by atoms with Gasteiger partial charge in [0.15, 0.2) is 0 Å². The molecule has 0 spiro atoms. The Morgan fingerprint density at radius 1 is 1.30 bits per heavy atom. The van der Waals surface area contributed by atoms with Gasteiger partial charge in [-0.1, -0.05) is 30.3 Å². The number of piperidine rings is 1. The van der Waals surface area contributed by atoms with Crippen LogP contribution in [-0.4, -0.2) is 60.5 Å². The standard InChI is InChI=1S/C21H30N4O2/c1-27-16-15-24(13-6-9-18-7-3-2-4-8-18)21(26)20-11-14-25(23-20)19-10-5-12-22-17-19/h2-4,7-8,11,14,19,22H,5-6,9-10,12-13,15-17H2,1H3. The summed E-state index contributed by atoms with van der Waals surface area (Å²) in [6.07, 6.45) is 6.07. The molecule has 1 aromatic carbocycles. The lowest BCUT2D eigenvalue weighted by Crippen LogP contribution is -2.36. The number of rotatable bonds is 9. The normalized spacial score (nSPS) is 17.0. The lowest BCUT2D eigenvalue weighted by atomic mass is 10.1. The van der Waals surface area contributed by atoms with Gasteiger partial charge in [0.05, 0.1) is 12.6 Å². The van der Waals surface area contributed by atoms with Crippen molar-refractivity contribution in [3.63, 3.8) is 0 Å². The molecule has 27 heavy (non-hydrogen) atoms. The summed E-state index contributed by atoms with van der Waals surface area (Å²) in [5.41, 5.74) is 1.82. The molecule has 1 aliphatic rings. The van der Waals surface area contributed by atoms with Crippen LogP contribution in [0.2, 0.25) is 0 Å². The van der Waals surface area contributed by atoms with Gasteiger partial charge in [-0.3, -0.25) is 9.48 Å². The molecular weight excluding hydrogens is 340 g/mol. The predicted octanol–water partition coefficient (Wildman–Crippen LogP) is 2.53. The number of ether oxygens (including phenoxy) is 1. The summed E-state index contributed by atoms with van der Waals surface area (Å²) in [4.78, 5) is 14.8. The second-order valence-corrected chi connectivity index (χ2v) is 7.06. The molecule has 1 saturated heterocycles. The highest BCUT2D eigenvalue weighted by atomic mass is 16.5. The topological polar surface area (TPSA) is 59.4 Å². The molecule has 146 valence electrons. The number of aromatic nitrogens is 2. The van der Waals surface area contributed by atoms with E-state index in [0.717, 1.165) is 38.8 Å². The molecule has 1 aromatic heterocycles. The maximum absolute atomic E-state index is 13.0. The second kappa shape index (κ2) is 10.2. The zero-order valence-electron chi connectivity index (χ0n) is 16.1. The fourth-order valence-electron chi connectivity index (χ4n) is 3.51. The molecule has 2 aromatic rings. The van der Waals surface area contributed by atoms with E-state index in [1.807, 2.05) is 27.9 Å². The van der Waals surface area contributed by atoms with Gasteiger partial charge in [-0.05, 0) is 43.9 Å². The highest BCUT2D eigenvalue weighted by Gasteiger charge is 2.21. The molecule has 1 aliphatic heterocycles. The first-order chi connectivity index (χ1) is 13.3. The molecule has 1 N–H and O–H groups in total. The molecular formula is C21H30N4O2. The number of carbonyl (C=O) groups is 1. The van der Waals surface area contributed by atoms with E-state index in [1.54, 1.807) is 7.11 Å². The minimum Gasteiger partial charge on any atom is -0.383 e. The molecule has 0 saturated carbocycles. The fraction of sp³-hybridized carbons (Fsp3) is 0.524.